The van der Waals surface area contributed by atoms with Crippen molar-refractivity contribution in [1.82, 2.24) is 25.0 Å². The van der Waals surface area contributed by atoms with Gasteiger partial charge in [0, 0.05) is 0 Å². The number of hydrogen-bond acceptors (Lipinski definition) is 10. The number of aliphatic hydroxyl groups is 3. The SMILES string of the molecule is Nc1nc(N)c2nn(C3O[C@H](CO)[C@@H](O)[C@H]3O)nc2n1. The van der Waals surface area contributed by atoms with Gasteiger partial charge in [-0.2, -0.15) is 9.97 Å². The van der Waals surface area contributed by atoms with E-state index >= 15 is 0 Å². The molecule has 2 aromatic rings. The topological polar surface area (TPSA) is 178 Å². The average molecular weight is 283 g/mol. The van der Waals surface area contributed by atoms with Crippen LogP contribution in [0.25, 0.3) is 11.2 Å². The molecule has 11 heteroatoms. The highest BCUT2D eigenvalue weighted by atomic mass is 16.6. The van der Waals surface area contributed by atoms with Crippen LogP contribution in [-0.4, -0.2) is 65.2 Å². The molecule has 0 radical (unpaired) electrons. The molecule has 1 unspecified atom stereocenters. The fourth-order valence-corrected chi connectivity index (χ4v) is 2.05. The number of ether oxygens (including phenoxy) is 1. The first kappa shape index (κ1) is 12.9. The maximum atomic E-state index is 9.88. The Labute approximate surface area is 111 Å². The van der Waals surface area contributed by atoms with Crippen molar-refractivity contribution >= 4 is 22.9 Å². The largest absolute Gasteiger partial charge is 0.394 e. The van der Waals surface area contributed by atoms with Crippen LogP contribution in [0.15, 0.2) is 0 Å². The van der Waals surface area contributed by atoms with Gasteiger partial charge < -0.3 is 31.5 Å². The van der Waals surface area contributed by atoms with E-state index in [1.807, 2.05) is 0 Å². The number of nitrogens with zero attached hydrogens (tertiary/aromatic N) is 5. The van der Waals surface area contributed by atoms with Gasteiger partial charge in [0.15, 0.2) is 17.6 Å². The van der Waals surface area contributed by atoms with Crippen molar-refractivity contribution in [2.45, 2.75) is 24.5 Å². The molecule has 0 saturated carbocycles. The molecule has 20 heavy (non-hydrogen) atoms. The van der Waals surface area contributed by atoms with Crippen LogP contribution in [0.1, 0.15) is 6.23 Å². The number of nitrogens with two attached hydrogens (primary N) is 2. The van der Waals surface area contributed by atoms with E-state index in [2.05, 4.69) is 20.2 Å². The quantitative estimate of drug-likeness (QED) is 0.381. The second kappa shape index (κ2) is 4.49. The Hall–Kier alpha value is -2.08. The first-order valence-electron chi connectivity index (χ1n) is 5.79. The van der Waals surface area contributed by atoms with Crippen molar-refractivity contribution in [3.05, 3.63) is 0 Å². The van der Waals surface area contributed by atoms with Crippen LogP contribution in [-0.2, 0) is 4.74 Å². The van der Waals surface area contributed by atoms with Gasteiger partial charge in [-0.25, -0.2) is 0 Å². The highest BCUT2D eigenvalue weighted by Crippen LogP contribution is 2.29. The second-order valence-corrected chi connectivity index (χ2v) is 4.39. The zero-order valence-electron chi connectivity index (χ0n) is 10.2. The number of rotatable bonds is 2. The highest BCUT2D eigenvalue weighted by molar-refractivity contribution is 5.81. The van der Waals surface area contributed by atoms with Crippen molar-refractivity contribution in [2.75, 3.05) is 18.1 Å². The van der Waals surface area contributed by atoms with Gasteiger partial charge in [0.05, 0.1) is 6.61 Å². The molecule has 0 aromatic carbocycles. The summed E-state index contributed by atoms with van der Waals surface area (Å²) in [4.78, 5) is 8.62. The Morgan fingerprint density at radius 2 is 1.90 bits per heavy atom. The Kier molecular flexibility index (Phi) is 2.90. The molecule has 108 valence electrons. The molecule has 0 aliphatic carbocycles. The minimum absolute atomic E-state index is 0.0468. The minimum Gasteiger partial charge on any atom is -0.394 e. The third-order valence-electron chi connectivity index (χ3n) is 3.05. The number of anilines is 2. The molecular weight excluding hydrogens is 270 g/mol. The maximum absolute atomic E-state index is 9.88. The average Bonchev–Trinajstić information content (AvgIpc) is 2.93. The number of hydrogen-bond donors (Lipinski definition) is 5. The summed E-state index contributed by atoms with van der Waals surface area (Å²) in [6.07, 6.45) is -4.51. The summed E-state index contributed by atoms with van der Waals surface area (Å²) in [6, 6.07) is 0. The summed E-state index contributed by atoms with van der Waals surface area (Å²) >= 11 is 0. The van der Waals surface area contributed by atoms with Crippen molar-refractivity contribution in [3.63, 3.8) is 0 Å². The molecule has 1 aliphatic rings. The van der Waals surface area contributed by atoms with Gasteiger partial charge >= 0.3 is 0 Å². The normalized spacial score (nSPS) is 30.1. The van der Waals surface area contributed by atoms with Crippen LogP contribution in [0.5, 0.6) is 0 Å². The van der Waals surface area contributed by atoms with Crippen molar-refractivity contribution in [3.8, 4) is 0 Å². The molecule has 0 spiro atoms. The predicted molar refractivity (Wildman–Crippen MR) is 65.0 cm³/mol. The lowest BCUT2D eigenvalue weighted by molar-refractivity contribution is -0.0650. The van der Waals surface area contributed by atoms with Crippen LogP contribution in [0.3, 0.4) is 0 Å². The van der Waals surface area contributed by atoms with Crippen LogP contribution < -0.4 is 11.5 Å². The van der Waals surface area contributed by atoms with E-state index in [1.54, 1.807) is 0 Å². The Morgan fingerprint density at radius 3 is 2.55 bits per heavy atom. The zero-order valence-corrected chi connectivity index (χ0v) is 10.2. The number of nitrogen functional groups attached to an aromatic ring is 2. The lowest BCUT2D eigenvalue weighted by atomic mass is 10.1. The van der Waals surface area contributed by atoms with Gasteiger partial charge in [-0.15, -0.1) is 15.0 Å². The third-order valence-corrected chi connectivity index (χ3v) is 3.05. The second-order valence-electron chi connectivity index (χ2n) is 4.39. The van der Waals surface area contributed by atoms with E-state index in [0.717, 1.165) is 4.80 Å². The molecule has 7 N–H and O–H groups in total. The molecule has 1 fully saturated rings. The molecular formula is C9H13N7O4. The van der Waals surface area contributed by atoms with Crippen LogP contribution >= 0.6 is 0 Å². The number of fused-ring (bicyclic) bond motifs is 1. The van der Waals surface area contributed by atoms with Crippen molar-refractivity contribution in [2.24, 2.45) is 0 Å². The van der Waals surface area contributed by atoms with Crippen molar-refractivity contribution < 1.29 is 20.1 Å². The maximum Gasteiger partial charge on any atom is 0.224 e. The predicted octanol–water partition coefficient (Wildman–Crippen LogP) is -3.00. The fraction of sp³-hybridized carbons (Fsp3) is 0.556. The summed E-state index contributed by atoms with van der Waals surface area (Å²) in [7, 11) is 0. The van der Waals surface area contributed by atoms with E-state index in [0.29, 0.717) is 0 Å². The smallest absolute Gasteiger partial charge is 0.224 e. The molecule has 3 heterocycles. The monoisotopic (exact) mass is 283 g/mol. The first-order valence-corrected chi connectivity index (χ1v) is 5.79. The summed E-state index contributed by atoms with van der Waals surface area (Å²) in [5.74, 6) is -0.00583. The van der Waals surface area contributed by atoms with E-state index in [-0.39, 0.29) is 22.9 Å². The van der Waals surface area contributed by atoms with E-state index in [1.165, 1.54) is 0 Å². The van der Waals surface area contributed by atoms with Crippen molar-refractivity contribution in [1.29, 1.82) is 0 Å². The Morgan fingerprint density at radius 1 is 1.15 bits per heavy atom. The number of aliphatic hydroxyl groups excluding tert-OH is 3. The van der Waals surface area contributed by atoms with E-state index in [4.69, 9.17) is 21.3 Å². The summed E-state index contributed by atoms with van der Waals surface area (Å²) in [6.45, 7) is -0.440. The molecule has 0 bridgehead atoms. The lowest BCUT2D eigenvalue weighted by Gasteiger charge is -2.12. The number of aromatic nitrogens is 5. The van der Waals surface area contributed by atoms with E-state index < -0.39 is 31.1 Å². The highest BCUT2D eigenvalue weighted by Gasteiger charge is 2.44. The molecule has 11 nitrogen and oxygen atoms in total. The summed E-state index contributed by atoms with van der Waals surface area (Å²) < 4.78 is 5.29. The van der Waals surface area contributed by atoms with Gasteiger partial charge in [-0.1, -0.05) is 0 Å². The Bertz CT molecular complexity index is 647. The zero-order chi connectivity index (χ0) is 14.4. The Balaban J connectivity index is 2.01. The fourth-order valence-electron chi connectivity index (χ4n) is 2.05. The van der Waals surface area contributed by atoms with E-state index in [9.17, 15) is 10.2 Å². The van der Waals surface area contributed by atoms with Gasteiger partial charge in [0.25, 0.3) is 0 Å². The van der Waals surface area contributed by atoms with Gasteiger partial charge in [0.1, 0.15) is 18.3 Å². The third kappa shape index (κ3) is 1.84. The minimum atomic E-state index is -1.29. The molecule has 4 atom stereocenters. The molecule has 1 aliphatic heterocycles. The first-order chi connectivity index (χ1) is 9.51. The van der Waals surface area contributed by atoms with Gasteiger partial charge in [0.2, 0.25) is 11.6 Å². The summed E-state index contributed by atoms with van der Waals surface area (Å²) in [5.41, 5.74) is 11.4. The van der Waals surface area contributed by atoms with Crippen LogP contribution in [0.2, 0.25) is 0 Å². The van der Waals surface area contributed by atoms with Crippen LogP contribution in [0.4, 0.5) is 11.8 Å². The molecule has 3 rings (SSSR count). The van der Waals surface area contributed by atoms with Crippen LogP contribution in [0, 0.1) is 0 Å². The van der Waals surface area contributed by atoms with Gasteiger partial charge in [-0.3, -0.25) is 0 Å². The lowest BCUT2D eigenvalue weighted by Crippen LogP contribution is -2.33. The van der Waals surface area contributed by atoms with Gasteiger partial charge in [-0.05, 0) is 0 Å². The molecule has 1 saturated heterocycles. The standard InChI is InChI=1S/C9H13N7O4/c10-6-3-7(13-9(11)12-6)15-16(14-3)8-5(19)4(18)2(1-17)20-8/h2,4-5,8,17-19H,1H2,(H4,10,11,12,13,15)/t2-,4-,5-,8?/m1/s1. The molecule has 2 aromatic heterocycles. The summed E-state index contributed by atoms with van der Waals surface area (Å²) in [5, 5.41) is 36.6. The molecule has 0 amide bonds.